The highest BCUT2D eigenvalue weighted by Crippen LogP contribution is 2.35. The lowest BCUT2D eigenvalue weighted by atomic mass is 10.0. The number of hydrogen-bond donors (Lipinski definition) is 1. The van der Waals surface area contributed by atoms with Crippen LogP contribution in [0.1, 0.15) is 31.0 Å². The molecule has 2 aromatic rings. The zero-order valence-corrected chi connectivity index (χ0v) is 16.8. The maximum absolute atomic E-state index is 12.1. The van der Waals surface area contributed by atoms with Gasteiger partial charge >= 0.3 is 0 Å². The van der Waals surface area contributed by atoms with Gasteiger partial charge in [-0.15, -0.1) is 0 Å². The van der Waals surface area contributed by atoms with Gasteiger partial charge in [-0.2, -0.15) is 19.4 Å². The number of aliphatic imine (C=N–C) groups is 1. The molecule has 1 aliphatic heterocycles. The molecule has 0 radical (unpaired) electrons. The molecule has 1 aliphatic carbocycles. The van der Waals surface area contributed by atoms with E-state index < -0.39 is 10.0 Å². The quantitative estimate of drug-likeness (QED) is 0.832. The first-order valence-corrected chi connectivity index (χ1v) is 10.7. The van der Waals surface area contributed by atoms with Crippen LogP contribution >= 0.6 is 0 Å². The molecule has 0 saturated heterocycles. The van der Waals surface area contributed by atoms with E-state index in [9.17, 15) is 13.5 Å². The van der Waals surface area contributed by atoms with Gasteiger partial charge in [0.05, 0.1) is 40.1 Å². The van der Waals surface area contributed by atoms with Crippen molar-refractivity contribution in [1.29, 1.82) is 5.26 Å². The molecule has 2 heterocycles. The van der Waals surface area contributed by atoms with Crippen molar-refractivity contribution in [3.05, 3.63) is 41.6 Å². The number of hydrogen-bond acceptors (Lipinski definition) is 6. The molecular formula is C20H19N5O3S. The Hall–Kier alpha value is -3.25. The van der Waals surface area contributed by atoms with E-state index in [-0.39, 0.29) is 17.0 Å². The van der Waals surface area contributed by atoms with Crippen LogP contribution in [0.25, 0.3) is 16.9 Å². The van der Waals surface area contributed by atoms with Crippen LogP contribution in [0.15, 0.2) is 39.7 Å². The molecule has 1 atom stereocenters. The standard InChI is InChI=1S/C20H19N5O3S/c1-12-9-18(22-11-17(12)24-29(27,28)16-7-8-16)25-20(26)19(13(2)23-25)15-5-3-14(10-21)4-6-15/h3-6,9,11-12,16,26H,7-8H2,1-2H3/t12-/m0/s1. The highest BCUT2D eigenvalue weighted by Gasteiger charge is 2.36. The summed E-state index contributed by atoms with van der Waals surface area (Å²) in [5.41, 5.74) is 2.79. The Morgan fingerprint density at radius 3 is 2.55 bits per heavy atom. The van der Waals surface area contributed by atoms with Crippen LogP contribution in [0.4, 0.5) is 0 Å². The van der Waals surface area contributed by atoms with Crippen molar-refractivity contribution in [3.8, 4) is 23.1 Å². The van der Waals surface area contributed by atoms with Crippen molar-refractivity contribution in [3.63, 3.8) is 0 Å². The van der Waals surface area contributed by atoms with E-state index in [1.54, 1.807) is 37.3 Å². The molecule has 29 heavy (non-hydrogen) atoms. The Kier molecular flexibility index (Phi) is 4.59. The Bertz CT molecular complexity index is 1210. The van der Waals surface area contributed by atoms with Gasteiger partial charge in [-0.25, -0.2) is 13.4 Å². The summed E-state index contributed by atoms with van der Waals surface area (Å²) in [6.07, 6.45) is 4.45. The molecule has 1 N–H and O–H groups in total. The van der Waals surface area contributed by atoms with Crippen molar-refractivity contribution in [2.45, 2.75) is 31.9 Å². The SMILES string of the molecule is Cc1nn(C2=C[C@H](C)C(=NS(=O)(=O)C3CC3)C=N2)c(O)c1-c1ccc(C#N)cc1. The molecule has 9 heteroatoms. The van der Waals surface area contributed by atoms with Crippen LogP contribution in [0.2, 0.25) is 0 Å². The number of allylic oxidation sites excluding steroid dienone is 1. The lowest BCUT2D eigenvalue weighted by molar-refractivity contribution is 0.436. The summed E-state index contributed by atoms with van der Waals surface area (Å²) in [5.74, 6) is 0.0212. The Labute approximate surface area is 168 Å². The smallest absolute Gasteiger partial charge is 0.256 e. The minimum Gasteiger partial charge on any atom is -0.493 e. The topological polar surface area (TPSA) is 121 Å². The predicted octanol–water partition coefficient (Wildman–Crippen LogP) is 2.89. The first-order valence-electron chi connectivity index (χ1n) is 9.19. The van der Waals surface area contributed by atoms with E-state index in [4.69, 9.17) is 5.26 Å². The second-order valence-electron chi connectivity index (χ2n) is 7.19. The van der Waals surface area contributed by atoms with E-state index in [0.717, 1.165) is 5.56 Å². The van der Waals surface area contributed by atoms with Crippen molar-refractivity contribution in [2.24, 2.45) is 15.3 Å². The highest BCUT2D eigenvalue weighted by atomic mass is 32.2. The largest absolute Gasteiger partial charge is 0.493 e. The van der Waals surface area contributed by atoms with Gasteiger partial charge in [-0.1, -0.05) is 19.1 Å². The maximum atomic E-state index is 12.1. The third kappa shape index (κ3) is 3.59. The number of rotatable bonds is 4. The van der Waals surface area contributed by atoms with E-state index in [0.29, 0.717) is 41.2 Å². The van der Waals surface area contributed by atoms with E-state index in [2.05, 4.69) is 20.6 Å². The Morgan fingerprint density at radius 2 is 1.97 bits per heavy atom. The van der Waals surface area contributed by atoms with Crippen molar-refractivity contribution in [2.75, 3.05) is 0 Å². The van der Waals surface area contributed by atoms with Gasteiger partial charge in [0.1, 0.15) is 0 Å². The first kappa shape index (κ1) is 19.1. The summed E-state index contributed by atoms with van der Waals surface area (Å²) in [5, 5.41) is 23.7. The van der Waals surface area contributed by atoms with Gasteiger partial charge in [-0.05, 0) is 43.5 Å². The molecule has 1 saturated carbocycles. The van der Waals surface area contributed by atoms with E-state index in [1.165, 1.54) is 10.9 Å². The number of aryl methyl sites for hydroxylation is 1. The Balaban J connectivity index is 1.66. The highest BCUT2D eigenvalue weighted by molar-refractivity contribution is 7.91. The molecule has 1 aromatic heterocycles. The number of aromatic hydroxyl groups is 1. The summed E-state index contributed by atoms with van der Waals surface area (Å²) in [4.78, 5) is 4.27. The lowest BCUT2D eigenvalue weighted by Crippen LogP contribution is -2.19. The minimum atomic E-state index is -3.48. The molecule has 1 fully saturated rings. The van der Waals surface area contributed by atoms with E-state index >= 15 is 0 Å². The van der Waals surface area contributed by atoms with Gasteiger partial charge < -0.3 is 5.11 Å². The third-order valence-corrected chi connectivity index (χ3v) is 6.71. The number of sulfonamides is 1. The molecule has 148 valence electrons. The van der Waals surface area contributed by atoms with Crippen LogP contribution in [-0.4, -0.2) is 40.5 Å². The first-order chi connectivity index (χ1) is 13.8. The lowest BCUT2D eigenvalue weighted by Gasteiger charge is -2.14. The monoisotopic (exact) mass is 409 g/mol. The molecule has 0 amide bonds. The summed E-state index contributed by atoms with van der Waals surface area (Å²) >= 11 is 0. The second-order valence-corrected chi connectivity index (χ2v) is 9.07. The van der Waals surface area contributed by atoms with Crippen LogP contribution < -0.4 is 0 Å². The summed E-state index contributed by atoms with van der Waals surface area (Å²) < 4.78 is 29.5. The van der Waals surface area contributed by atoms with Gasteiger partial charge in [0.15, 0.2) is 5.82 Å². The molecule has 8 nitrogen and oxygen atoms in total. The third-order valence-electron chi connectivity index (χ3n) is 4.93. The Morgan fingerprint density at radius 1 is 1.28 bits per heavy atom. The summed E-state index contributed by atoms with van der Waals surface area (Å²) in [7, 11) is -3.48. The molecular weight excluding hydrogens is 390 g/mol. The van der Waals surface area contributed by atoms with Crippen molar-refractivity contribution in [1.82, 2.24) is 9.78 Å². The van der Waals surface area contributed by atoms with Crippen LogP contribution in [0.5, 0.6) is 5.88 Å². The van der Waals surface area contributed by atoms with Crippen LogP contribution in [0, 0.1) is 24.2 Å². The number of benzene rings is 1. The molecule has 0 unspecified atom stereocenters. The van der Waals surface area contributed by atoms with Gasteiger partial charge in [0, 0.05) is 5.92 Å². The van der Waals surface area contributed by atoms with Crippen molar-refractivity contribution >= 4 is 27.8 Å². The fraction of sp³-hybridized carbons (Fsp3) is 0.300. The zero-order valence-electron chi connectivity index (χ0n) is 15.9. The van der Waals surface area contributed by atoms with Crippen molar-refractivity contribution < 1.29 is 13.5 Å². The van der Waals surface area contributed by atoms with Gasteiger partial charge in [0.2, 0.25) is 5.88 Å². The summed E-state index contributed by atoms with van der Waals surface area (Å²) in [6, 6.07) is 8.92. The number of nitriles is 1. The summed E-state index contributed by atoms with van der Waals surface area (Å²) in [6.45, 7) is 3.59. The molecule has 2 aliphatic rings. The maximum Gasteiger partial charge on any atom is 0.256 e. The van der Waals surface area contributed by atoms with Gasteiger partial charge in [-0.3, -0.25) is 0 Å². The molecule has 0 bridgehead atoms. The van der Waals surface area contributed by atoms with Crippen LogP contribution in [-0.2, 0) is 10.0 Å². The van der Waals surface area contributed by atoms with E-state index in [1.807, 2.05) is 6.92 Å². The average molecular weight is 409 g/mol. The number of aromatic nitrogens is 2. The average Bonchev–Trinajstić information content (AvgIpc) is 3.50. The second kappa shape index (κ2) is 6.97. The molecule has 0 spiro atoms. The molecule has 1 aromatic carbocycles. The predicted molar refractivity (Wildman–Crippen MR) is 110 cm³/mol. The van der Waals surface area contributed by atoms with Crippen LogP contribution in [0.3, 0.4) is 0 Å². The van der Waals surface area contributed by atoms with Gasteiger partial charge in [0.25, 0.3) is 10.0 Å². The number of nitrogens with zero attached hydrogens (tertiary/aromatic N) is 5. The normalized spacial score (nSPS) is 20.5. The minimum absolute atomic E-state index is 0.0752. The molecule has 4 rings (SSSR count). The fourth-order valence-electron chi connectivity index (χ4n) is 3.15. The fourth-order valence-corrected chi connectivity index (χ4v) is 4.53. The zero-order chi connectivity index (χ0) is 20.8.